The summed E-state index contributed by atoms with van der Waals surface area (Å²) < 4.78 is 5.38. The number of ether oxygens (including phenoxy) is 1. The average molecular weight is 460 g/mol. The first-order valence-electron chi connectivity index (χ1n) is 12.3. The van der Waals surface area contributed by atoms with Gasteiger partial charge in [-0.1, -0.05) is 105 Å². The van der Waals surface area contributed by atoms with Crippen LogP contribution in [-0.4, -0.2) is 7.11 Å². The number of hydrogen-bond acceptors (Lipinski definition) is 2. The number of allylic oxidation sites excluding steroid dienone is 4. The maximum absolute atomic E-state index is 5.88. The van der Waals surface area contributed by atoms with Crippen molar-refractivity contribution in [3.05, 3.63) is 115 Å². The van der Waals surface area contributed by atoms with E-state index in [1.54, 1.807) is 7.11 Å². The molecule has 6 rings (SSSR count). The molecular weight excluding hydrogens is 426 g/mol. The Bertz CT molecular complexity index is 1480. The second-order valence-corrected chi connectivity index (χ2v) is 8.23. The van der Waals surface area contributed by atoms with Crippen LogP contribution in [0.3, 0.4) is 0 Å². The number of rotatable bonds is 2. The molecule has 1 aliphatic rings. The van der Waals surface area contributed by atoms with Gasteiger partial charge in [0.15, 0.2) is 0 Å². The SMILES string of the molecule is CC.COc1ccc2c3ccccc3c3ccccc3c2c1.Nc1ccccc1C1=CCCC=C1. The summed E-state index contributed by atoms with van der Waals surface area (Å²) in [6.07, 6.45) is 8.86. The minimum atomic E-state index is 0.861. The molecule has 0 atom stereocenters. The van der Waals surface area contributed by atoms with Gasteiger partial charge in [-0.15, -0.1) is 0 Å². The van der Waals surface area contributed by atoms with Crippen LogP contribution in [0.2, 0.25) is 0 Å². The summed E-state index contributed by atoms with van der Waals surface area (Å²) in [7, 11) is 1.71. The van der Waals surface area contributed by atoms with Crippen LogP contribution < -0.4 is 10.5 Å². The zero-order valence-electron chi connectivity index (χ0n) is 20.8. The first kappa shape index (κ1) is 24.1. The minimum Gasteiger partial charge on any atom is -0.497 e. The lowest BCUT2D eigenvalue weighted by Crippen LogP contribution is -1.93. The summed E-state index contributed by atoms with van der Waals surface area (Å²) in [5, 5.41) is 7.70. The Balaban J connectivity index is 0.000000167. The van der Waals surface area contributed by atoms with Crippen LogP contribution in [0.4, 0.5) is 5.69 Å². The Kier molecular flexibility index (Phi) is 7.84. The fourth-order valence-corrected chi connectivity index (χ4v) is 4.59. The minimum absolute atomic E-state index is 0.861. The van der Waals surface area contributed by atoms with Gasteiger partial charge in [0, 0.05) is 11.3 Å². The number of methoxy groups -OCH3 is 1. The molecule has 5 aromatic carbocycles. The van der Waals surface area contributed by atoms with Crippen molar-refractivity contribution < 1.29 is 4.74 Å². The maximum atomic E-state index is 5.88. The molecule has 0 aliphatic heterocycles. The van der Waals surface area contributed by atoms with E-state index < -0.39 is 0 Å². The molecule has 0 fully saturated rings. The lowest BCUT2D eigenvalue weighted by atomic mass is 9.94. The smallest absolute Gasteiger partial charge is 0.119 e. The van der Waals surface area contributed by atoms with Crippen LogP contribution in [0, 0.1) is 0 Å². The molecule has 1 aliphatic carbocycles. The fourth-order valence-electron chi connectivity index (χ4n) is 4.59. The van der Waals surface area contributed by atoms with Crippen molar-refractivity contribution in [3.63, 3.8) is 0 Å². The molecule has 0 aromatic heterocycles. The quantitative estimate of drug-likeness (QED) is 0.211. The summed E-state index contributed by atoms with van der Waals surface area (Å²) in [6, 6.07) is 31.5. The third-order valence-corrected chi connectivity index (χ3v) is 6.22. The molecule has 0 unspecified atom stereocenters. The monoisotopic (exact) mass is 459 g/mol. The third-order valence-electron chi connectivity index (χ3n) is 6.22. The van der Waals surface area contributed by atoms with E-state index in [-0.39, 0.29) is 0 Å². The van der Waals surface area contributed by atoms with Gasteiger partial charge in [-0.05, 0) is 68.9 Å². The van der Waals surface area contributed by atoms with Crippen LogP contribution >= 0.6 is 0 Å². The van der Waals surface area contributed by atoms with Crippen molar-refractivity contribution >= 4 is 43.6 Å². The number of hydrogen-bond donors (Lipinski definition) is 1. The average Bonchev–Trinajstić information content (AvgIpc) is 2.95. The lowest BCUT2D eigenvalue weighted by molar-refractivity contribution is 0.415. The summed E-state index contributed by atoms with van der Waals surface area (Å²) in [6.45, 7) is 4.00. The zero-order chi connectivity index (χ0) is 24.6. The molecule has 2 N–H and O–H groups in total. The van der Waals surface area contributed by atoms with Gasteiger partial charge in [0.2, 0.25) is 0 Å². The molecule has 0 saturated carbocycles. The van der Waals surface area contributed by atoms with Gasteiger partial charge in [-0.3, -0.25) is 0 Å². The lowest BCUT2D eigenvalue weighted by Gasteiger charge is -2.11. The van der Waals surface area contributed by atoms with Crippen LogP contribution in [0.5, 0.6) is 5.75 Å². The second-order valence-electron chi connectivity index (χ2n) is 8.23. The predicted octanol–water partition coefficient (Wildman–Crippen LogP) is 9.18. The van der Waals surface area contributed by atoms with Crippen molar-refractivity contribution in [2.75, 3.05) is 12.8 Å². The molecule has 5 aromatic rings. The predicted molar refractivity (Wildman–Crippen MR) is 154 cm³/mol. The first-order chi connectivity index (χ1) is 17.3. The number of nitrogens with two attached hydrogens (primary N) is 1. The van der Waals surface area contributed by atoms with Crippen LogP contribution in [-0.2, 0) is 0 Å². The molecule has 35 heavy (non-hydrogen) atoms. The van der Waals surface area contributed by atoms with E-state index in [0.717, 1.165) is 29.8 Å². The number of para-hydroxylation sites is 1. The number of fused-ring (bicyclic) bond motifs is 6. The van der Waals surface area contributed by atoms with E-state index in [9.17, 15) is 0 Å². The molecule has 2 nitrogen and oxygen atoms in total. The van der Waals surface area contributed by atoms with Crippen LogP contribution in [0.15, 0.2) is 109 Å². The van der Waals surface area contributed by atoms with Gasteiger partial charge in [0.1, 0.15) is 5.75 Å². The van der Waals surface area contributed by atoms with Crippen molar-refractivity contribution in [1.82, 2.24) is 0 Å². The highest BCUT2D eigenvalue weighted by Gasteiger charge is 2.08. The molecule has 0 saturated heterocycles. The molecule has 0 amide bonds. The Morgan fingerprint density at radius 3 is 1.71 bits per heavy atom. The van der Waals surface area contributed by atoms with E-state index in [1.165, 1.54) is 37.9 Å². The van der Waals surface area contributed by atoms with E-state index in [1.807, 2.05) is 38.1 Å². The van der Waals surface area contributed by atoms with Gasteiger partial charge in [0.05, 0.1) is 7.11 Å². The van der Waals surface area contributed by atoms with Crippen LogP contribution in [0.1, 0.15) is 32.3 Å². The maximum Gasteiger partial charge on any atom is 0.119 e. The highest BCUT2D eigenvalue weighted by Crippen LogP contribution is 2.36. The number of nitrogen functional groups attached to an aromatic ring is 1. The largest absolute Gasteiger partial charge is 0.497 e. The third kappa shape index (κ3) is 5.07. The van der Waals surface area contributed by atoms with Crippen LogP contribution in [0.25, 0.3) is 37.9 Å². The summed E-state index contributed by atoms with van der Waals surface area (Å²) in [4.78, 5) is 0. The van der Waals surface area contributed by atoms with Crippen molar-refractivity contribution in [2.24, 2.45) is 0 Å². The summed E-state index contributed by atoms with van der Waals surface area (Å²) in [5.41, 5.74) is 9.14. The van der Waals surface area contributed by atoms with E-state index in [2.05, 4.69) is 85.0 Å². The van der Waals surface area contributed by atoms with Crippen molar-refractivity contribution in [3.8, 4) is 5.75 Å². The Labute approximate surface area is 208 Å². The molecule has 0 bridgehead atoms. The number of anilines is 1. The fraction of sp³-hybridized carbons (Fsp3) is 0.152. The second kappa shape index (κ2) is 11.4. The van der Waals surface area contributed by atoms with Gasteiger partial charge in [-0.2, -0.15) is 0 Å². The Morgan fingerprint density at radius 2 is 1.17 bits per heavy atom. The topological polar surface area (TPSA) is 35.2 Å². The zero-order valence-corrected chi connectivity index (χ0v) is 20.8. The van der Waals surface area contributed by atoms with Crippen molar-refractivity contribution in [1.29, 1.82) is 0 Å². The van der Waals surface area contributed by atoms with E-state index in [4.69, 9.17) is 10.5 Å². The molecular formula is C33H33NO. The van der Waals surface area contributed by atoms with Gasteiger partial charge >= 0.3 is 0 Å². The highest BCUT2D eigenvalue weighted by molar-refractivity contribution is 6.25. The summed E-state index contributed by atoms with van der Waals surface area (Å²) >= 11 is 0. The molecule has 0 spiro atoms. The first-order valence-corrected chi connectivity index (χ1v) is 12.3. The normalized spacial score (nSPS) is 12.4. The van der Waals surface area contributed by atoms with Crippen molar-refractivity contribution in [2.45, 2.75) is 26.7 Å². The van der Waals surface area contributed by atoms with Gasteiger partial charge < -0.3 is 10.5 Å². The van der Waals surface area contributed by atoms with E-state index in [0.29, 0.717) is 0 Å². The molecule has 0 radical (unpaired) electrons. The number of benzene rings is 5. The standard InChI is InChI=1S/C19H14O.C12H13N.C2H6/c1-20-13-10-11-18-16-8-3-2-6-14(16)15-7-4-5-9-17(15)19(18)12-13;13-12-9-5-4-8-11(12)10-6-2-1-3-7-10;1-2/h2-12H,1H3;2,4-9H,1,3,13H2;1-2H3. The molecule has 176 valence electrons. The molecule has 2 heteroatoms. The van der Waals surface area contributed by atoms with E-state index >= 15 is 0 Å². The Hall–Kier alpha value is -4.04. The van der Waals surface area contributed by atoms with Gasteiger partial charge in [0.25, 0.3) is 0 Å². The van der Waals surface area contributed by atoms with Gasteiger partial charge in [-0.25, -0.2) is 0 Å². The highest BCUT2D eigenvalue weighted by atomic mass is 16.5. The molecule has 0 heterocycles. The Morgan fingerprint density at radius 1 is 0.629 bits per heavy atom. The summed E-state index contributed by atoms with van der Waals surface area (Å²) in [5.74, 6) is 0.901.